The van der Waals surface area contributed by atoms with Gasteiger partial charge in [0, 0.05) is 18.9 Å². The van der Waals surface area contributed by atoms with E-state index in [0.29, 0.717) is 0 Å². The number of carbonyl (C=O) groups excluding carboxylic acids is 1. The van der Waals surface area contributed by atoms with Crippen molar-refractivity contribution < 1.29 is 9.53 Å². The summed E-state index contributed by atoms with van der Waals surface area (Å²) in [5.74, 6) is 0.0773. The molecule has 0 saturated carbocycles. The molecule has 1 rings (SSSR count). The first-order valence-electron chi connectivity index (χ1n) is 3.65. The second-order valence-corrected chi connectivity index (χ2v) is 3.34. The Kier molecular flexibility index (Phi) is 3.33. The minimum Gasteiger partial charge on any atom is -0.367 e. The van der Waals surface area contributed by atoms with Crippen LogP contribution >= 0.6 is 15.9 Å². The zero-order chi connectivity index (χ0) is 8.27. The van der Waals surface area contributed by atoms with Gasteiger partial charge in [0.25, 0.3) is 0 Å². The second kappa shape index (κ2) is 4.07. The minimum atomic E-state index is 0.0773. The van der Waals surface area contributed by atoms with Crippen LogP contribution in [0.4, 0.5) is 0 Å². The second-order valence-electron chi connectivity index (χ2n) is 2.69. The summed E-state index contributed by atoms with van der Waals surface area (Å²) in [5, 5.41) is 0.814. The maximum atomic E-state index is 11.1. The number of rotatable bonds is 1. The maximum Gasteiger partial charge on any atom is 0.248 e. The number of carbonyl (C=O) groups is 1. The van der Waals surface area contributed by atoms with Crippen molar-refractivity contribution in [2.24, 2.45) is 0 Å². The molecule has 1 heterocycles. The highest BCUT2D eigenvalue weighted by Gasteiger charge is 2.18. The van der Waals surface area contributed by atoms with Gasteiger partial charge in [-0.25, -0.2) is 0 Å². The molecule has 3 nitrogen and oxygen atoms in total. The van der Waals surface area contributed by atoms with Crippen LogP contribution in [-0.2, 0) is 9.53 Å². The molecule has 1 fully saturated rings. The van der Waals surface area contributed by atoms with E-state index in [2.05, 4.69) is 15.9 Å². The van der Waals surface area contributed by atoms with E-state index in [4.69, 9.17) is 4.74 Å². The molecule has 1 unspecified atom stereocenters. The summed E-state index contributed by atoms with van der Waals surface area (Å²) in [6.07, 6.45) is 1.12. The molecule has 0 aromatic rings. The van der Waals surface area contributed by atoms with E-state index >= 15 is 0 Å². The van der Waals surface area contributed by atoms with E-state index in [9.17, 15) is 4.79 Å². The van der Waals surface area contributed by atoms with Crippen LogP contribution in [0.15, 0.2) is 0 Å². The van der Waals surface area contributed by atoms with Crippen LogP contribution in [-0.4, -0.2) is 42.4 Å². The van der Waals surface area contributed by atoms with E-state index in [1.165, 1.54) is 0 Å². The third-order valence-corrected chi connectivity index (χ3v) is 2.55. The molecular weight excluding hydrogens is 210 g/mol. The van der Waals surface area contributed by atoms with Crippen molar-refractivity contribution in [2.45, 2.75) is 12.5 Å². The lowest BCUT2D eigenvalue weighted by Crippen LogP contribution is -2.28. The predicted molar refractivity (Wildman–Crippen MR) is 45.8 cm³/mol. The van der Waals surface area contributed by atoms with E-state index < -0.39 is 0 Å². The Morgan fingerprint density at radius 2 is 2.55 bits per heavy atom. The van der Waals surface area contributed by atoms with Gasteiger partial charge in [-0.2, -0.15) is 0 Å². The smallest absolute Gasteiger partial charge is 0.248 e. The Labute approximate surface area is 74.8 Å². The molecule has 1 saturated heterocycles. The van der Waals surface area contributed by atoms with Crippen LogP contribution in [0, 0.1) is 0 Å². The first kappa shape index (κ1) is 9.00. The van der Waals surface area contributed by atoms with Crippen LogP contribution in [0.2, 0.25) is 0 Å². The molecule has 4 heteroatoms. The molecule has 11 heavy (non-hydrogen) atoms. The lowest BCUT2D eigenvalue weighted by atomic mass is 10.3. The fraction of sp³-hybridized carbons (Fsp3) is 0.857. The van der Waals surface area contributed by atoms with Gasteiger partial charge in [0.2, 0.25) is 5.91 Å². The van der Waals surface area contributed by atoms with Crippen molar-refractivity contribution in [3.63, 3.8) is 0 Å². The summed E-state index contributed by atoms with van der Waals surface area (Å²) < 4.78 is 5.30. The fourth-order valence-electron chi connectivity index (χ4n) is 0.967. The molecule has 1 amide bonds. The van der Waals surface area contributed by atoms with Crippen molar-refractivity contribution in [3.05, 3.63) is 0 Å². The lowest BCUT2D eigenvalue weighted by Gasteiger charge is -2.11. The number of halogens is 1. The Bertz CT molecular complexity index is 151. The number of likely N-dealkylation sites (N-methyl/N-ethyl adjacent to an activating group) is 1. The van der Waals surface area contributed by atoms with Gasteiger partial charge >= 0.3 is 0 Å². The summed E-state index contributed by atoms with van der Waals surface area (Å²) in [6.45, 7) is 1.03. The largest absolute Gasteiger partial charge is 0.367 e. The zero-order valence-electron chi connectivity index (χ0n) is 6.55. The Hall–Kier alpha value is -0.0900. The van der Waals surface area contributed by atoms with Crippen molar-refractivity contribution in [1.29, 1.82) is 0 Å². The van der Waals surface area contributed by atoms with E-state index in [0.717, 1.165) is 18.3 Å². The fourth-order valence-corrected chi connectivity index (χ4v) is 1.48. The standard InChI is InChI=1S/C7H12BrNO2/c1-9-3-2-6(4-8)11-5-7(9)10/h6H,2-5H2,1H3. The molecule has 1 aliphatic heterocycles. The molecule has 0 aliphatic carbocycles. The van der Waals surface area contributed by atoms with Crippen LogP contribution in [0.1, 0.15) is 6.42 Å². The third-order valence-electron chi connectivity index (χ3n) is 1.83. The summed E-state index contributed by atoms with van der Waals surface area (Å²) in [7, 11) is 1.81. The highest BCUT2D eigenvalue weighted by atomic mass is 79.9. The Morgan fingerprint density at radius 3 is 3.18 bits per heavy atom. The molecule has 0 bridgehead atoms. The third kappa shape index (κ3) is 2.45. The number of alkyl halides is 1. The summed E-state index contributed by atoms with van der Waals surface area (Å²) in [4.78, 5) is 12.8. The van der Waals surface area contributed by atoms with E-state index in [-0.39, 0.29) is 18.6 Å². The molecule has 1 aliphatic rings. The predicted octanol–water partition coefficient (Wildman–Crippen LogP) is 0.629. The van der Waals surface area contributed by atoms with Crippen molar-refractivity contribution in [1.82, 2.24) is 4.90 Å². The van der Waals surface area contributed by atoms with Gasteiger partial charge in [0.05, 0.1) is 6.10 Å². The van der Waals surface area contributed by atoms with Crippen LogP contribution in [0.25, 0.3) is 0 Å². The highest BCUT2D eigenvalue weighted by Crippen LogP contribution is 2.08. The molecule has 0 aromatic heterocycles. The highest BCUT2D eigenvalue weighted by molar-refractivity contribution is 9.09. The normalized spacial score (nSPS) is 26.9. The topological polar surface area (TPSA) is 29.5 Å². The molecule has 1 atom stereocenters. The summed E-state index contributed by atoms with van der Waals surface area (Å²) >= 11 is 3.33. The first-order valence-corrected chi connectivity index (χ1v) is 4.77. The molecule has 0 spiro atoms. The number of hydrogen-bond acceptors (Lipinski definition) is 2. The quantitative estimate of drug-likeness (QED) is 0.609. The van der Waals surface area contributed by atoms with Crippen molar-refractivity contribution in [3.8, 4) is 0 Å². The lowest BCUT2D eigenvalue weighted by molar-refractivity contribution is -0.133. The van der Waals surface area contributed by atoms with E-state index in [1.807, 2.05) is 7.05 Å². The molecule has 0 aromatic carbocycles. The first-order chi connectivity index (χ1) is 5.24. The van der Waals surface area contributed by atoms with Crippen LogP contribution < -0.4 is 0 Å². The van der Waals surface area contributed by atoms with Crippen LogP contribution in [0.5, 0.6) is 0 Å². The average Bonchev–Trinajstić information content (AvgIpc) is 2.16. The van der Waals surface area contributed by atoms with Gasteiger partial charge in [-0.1, -0.05) is 15.9 Å². The van der Waals surface area contributed by atoms with Gasteiger partial charge < -0.3 is 9.64 Å². The average molecular weight is 222 g/mol. The SMILES string of the molecule is CN1CCC(CBr)OCC1=O. The minimum absolute atomic E-state index is 0.0773. The van der Waals surface area contributed by atoms with Gasteiger partial charge in [0.1, 0.15) is 6.61 Å². The molecular formula is C7H12BrNO2. The monoisotopic (exact) mass is 221 g/mol. The van der Waals surface area contributed by atoms with Gasteiger partial charge in [-0.3, -0.25) is 4.79 Å². The van der Waals surface area contributed by atoms with E-state index in [1.54, 1.807) is 4.90 Å². The number of amides is 1. The molecule has 64 valence electrons. The van der Waals surface area contributed by atoms with Crippen LogP contribution in [0.3, 0.4) is 0 Å². The summed E-state index contributed by atoms with van der Waals surface area (Å²) in [5.41, 5.74) is 0. The maximum absolute atomic E-state index is 11.1. The number of ether oxygens (including phenoxy) is 1. The Balaban J connectivity index is 2.44. The zero-order valence-corrected chi connectivity index (χ0v) is 8.13. The van der Waals surface area contributed by atoms with Gasteiger partial charge in [0.15, 0.2) is 0 Å². The number of nitrogens with zero attached hydrogens (tertiary/aromatic N) is 1. The van der Waals surface area contributed by atoms with Gasteiger partial charge in [-0.05, 0) is 6.42 Å². The van der Waals surface area contributed by atoms with Crippen molar-refractivity contribution in [2.75, 3.05) is 25.5 Å². The number of hydrogen-bond donors (Lipinski definition) is 0. The Morgan fingerprint density at radius 1 is 1.82 bits per heavy atom. The summed E-state index contributed by atoms with van der Waals surface area (Å²) in [6, 6.07) is 0. The van der Waals surface area contributed by atoms with Crippen molar-refractivity contribution >= 4 is 21.8 Å². The molecule has 0 N–H and O–H groups in total. The molecule has 0 radical (unpaired) electrons. The van der Waals surface area contributed by atoms with Gasteiger partial charge in [-0.15, -0.1) is 0 Å².